The number of primary amides is 2. The fraction of sp³-hybridized carbons (Fsp3) is 0.415. The fourth-order valence-electron chi connectivity index (χ4n) is 15.5. The maximum atomic E-state index is 16.0. The largest absolute Gasteiger partial charge is 0.508 e. The molecule has 10 heterocycles. The number of benzene rings is 5. The third-order valence-corrected chi connectivity index (χ3v) is 24.9. The molecule has 9 aliphatic heterocycles. The molecule has 11 bridgehead atoms. The van der Waals surface area contributed by atoms with Crippen LogP contribution >= 0.6 is 46.3 Å². The van der Waals surface area contributed by atoms with E-state index >= 15 is 14.4 Å². The number of methoxy groups -OCH3 is 1. The number of nitrogens with one attached hydrogen (secondary N) is 8. The van der Waals surface area contributed by atoms with Crippen molar-refractivity contribution in [2.24, 2.45) is 23.1 Å². The monoisotopic (exact) mass is 1870 g/mol. The van der Waals surface area contributed by atoms with Crippen LogP contribution in [0, 0.1) is 5.92 Å². The summed E-state index contributed by atoms with van der Waals surface area (Å²) in [6.07, 6.45) is -19.5. The molecule has 47 heteroatoms. The summed E-state index contributed by atoms with van der Waals surface area (Å²) in [5.41, 5.74) is 11.2. The van der Waals surface area contributed by atoms with Crippen LogP contribution in [0.15, 0.2) is 108 Å². The van der Waals surface area contributed by atoms with Gasteiger partial charge in [0.05, 0.1) is 47.7 Å². The number of phenols is 3. The number of aliphatic hydroxyl groups is 6. The van der Waals surface area contributed by atoms with Crippen LogP contribution in [0.25, 0.3) is 11.1 Å². The number of nitrogens with two attached hydrogens (primary N) is 3. The fourth-order valence-corrected chi connectivity index (χ4v) is 18.1. The van der Waals surface area contributed by atoms with Crippen LogP contribution in [0.5, 0.6) is 46.0 Å². The van der Waals surface area contributed by atoms with Gasteiger partial charge in [0.2, 0.25) is 59.3 Å². The van der Waals surface area contributed by atoms with Crippen molar-refractivity contribution in [3.05, 3.63) is 150 Å². The van der Waals surface area contributed by atoms with E-state index in [0.29, 0.717) is 0 Å². The minimum Gasteiger partial charge on any atom is -0.508 e. The van der Waals surface area contributed by atoms with Gasteiger partial charge in [-0.1, -0.05) is 61.3 Å². The van der Waals surface area contributed by atoms with Crippen LogP contribution < -0.4 is 73.9 Å². The summed E-state index contributed by atoms with van der Waals surface area (Å²) >= 11 is 16.7. The number of fused-ring (bicyclic) bond motifs is 16. The van der Waals surface area contributed by atoms with Gasteiger partial charge < -0.3 is 154 Å². The number of halogens is 2. The molecule has 6 aromatic rings. The maximum Gasteiger partial charge on any atom is 0.404 e. The van der Waals surface area contributed by atoms with Gasteiger partial charge >= 0.3 is 18.0 Å². The Morgan fingerprint density at radius 1 is 0.736 bits per heavy atom. The molecule has 1 aromatic heterocycles. The number of amides is 10. The van der Waals surface area contributed by atoms with Gasteiger partial charge in [0.1, 0.15) is 107 Å². The first-order valence-corrected chi connectivity index (χ1v) is 42.3. The lowest BCUT2D eigenvalue weighted by Gasteiger charge is -2.55. The highest BCUT2D eigenvalue weighted by Gasteiger charge is 2.67. The summed E-state index contributed by atoms with van der Waals surface area (Å²) < 4.78 is 48.3. The number of β-lactam (4-membered cyclic amide) rings is 1. The Morgan fingerprint density at radius 2 is 1.37 bits per heavy atom. The summed E-state index contributed by atoms with van der Waals surface area (Å²) in [6.45, 7) is 5.32. The Labute approximate surface area is 750 Å². The van der Waals surface area contributed by atoms with Gasteiger partial charge in [-0.15, -0.1) is 23.1 Å². The van der Waals surface area contributed by atoms with Gasteiger partial charge in [0.15, 0.2) is 29.9 Å². The van der Waals surface area contributed by atoms with Crippen molar-refractivity contribution in [3.63, 3.8) is 0 Å². The molecule has 5 aromatic carbocycles. The van der Waals surface area contributed by atoms with Crippen LogP contribution in [-0.2, 0) is 82.8 Å². The van der Waals surface area contributed by atoms with Gasteiger partial charge in [-0.2, -0.15) is 0 Å². The summed E-state index contributed by atoms with van der Waals surface area (Å²) in [4.78, 5) is 166. The average molecular weight is 1880 g/mol. The first kappa shape index (κ1) is 96.3. The zero-order chi connectivity index (χ0) is 94.0. The number of hydrogen-bond acceptors (Lipinski definition) is 33. The van der Waals surface area contributed by atoms with Crippen molar-refractivity contribution in [2.45, 2.75) is 174 Å². The van der Waals surface area contributed by atoms with E-state index in [9.17, 15) is 99.3 Å². The molecule has 43 nitrogen and oxygen atoms in total. The van der Waals surface area contributed by atoms with Crippen molar-refractivity contribution in [3.8, 4) is 57.1 Å². The zero-order valence-corrected chi connectivity index (χ0v) is 72.1. The zero-order valence-electron chi connectivity index (χ0n) is 69.0. The van der Waals surface area contributed by atoms with Gasteiger partial charge in [-0.05, 0) is 122 Å². The molecular weight excluding hydrogens is 1780 g/mol. The number of aliphatic hydroxyl groups excluding tert-OH is 6. The highest BCUT2D eigenvalue weighted by molar-refractivity contribution is 8.00. The lowest BCUT2D eigenvalue weighted by Crippen LogP contribution is -2.80. The van der Waals surface area contributed by atoms with E-state index in [1.165, 1.54) is 63.2 Å². The molecule has 10 amide bonds. The molecule has 20 atom stereocenters. The number of aliphatic carboxylic acids is 2. The molecule has 15 rings (SSSR count). The van der Waals surface area contributed by atoms with Crippen molar-refractivity contribution in [1.82, 2.24) is 47.4 Å². The van der Waals surface area contributed by atoms with Gasteiger partial charge in [0, 0.05) is 58.0 Å². The smallest absolute Gasteiger partial charge is 0.404 e. The minimum absolute atomic E-state index is 0.0762. The average Bonchev–Trinajstić information content (AvgIpc) is 1.41. The second-order valence-corrected chi connectivity index (χ2v) is 34.6. The SMILES string of the molecule is CN[C@H](CC(C)C)C(=O)N[C@H]1C(=O)N[C@@H](CC(N)=O)C(=O)N[C@H]2C(=O)N[C@H]3C(=O)N[C@H](C(=O)N[C@H](C(=O)O)c4cc(O)cc(O)c4-c4cc3ccc4O)[C@H](O)c3ccc(c(Cl)c3)Oc3cc2cc(c3O[C@@H]2O[C@H](CO)[C@@H](O)[C@H](O)[C@H]2O[C@H]2C[C@](C)(N)[C@H](O)[C@H](C)O2)Oc2ccc(cc2Cl)[C@H]1O.CO[C@@]1(NC(=O)Cc2cccs2)C(=O)N2C(C(=O)O)=C(COC(N)=O)CS[C@@H]21. The number of carboxylic acids is 2. The van der Waals surface area contributed by atoms with Crippen molar-refractivity contribution < 1.29 is 152 Å². The number of carbonyl (C=O) groups is 12. The lowest BCUT2D eigenvalue weighted by molar-refractivity contribution is -0.333. The molecule has 0 saturated carbocycles. The Balaban J connectivity index is 0.000000455. The molecule has 0 unspecified atom stereocenters. The van der Waals surface area contributed by atoms with Crippen LogP contribution in [0.4, 0.5) is 4.79 Å². The predicted molar refractivity (Wildman–Crippen MR) is 448 cm³/mol. The maximum absolute atomic E-state index is 16.0. The predicted octanol–water partition coefficient (Wildman–Crippen LogP) is 0.205. The first-order chi connectivity index (χ1) is 61.0. The number of ether oxygens (including phenoxy) is 8. The number of phenolic OH excluding ortho intramolecular Hbond substituents is 3. The standard InChI is InChI=1S/C66H75Cl2N9O24.C16H17N3O7S2/c1-23(2)12-34(71-5)58(88)76-49-51(83)26-7-10-38(32(67)14-26)97-40-16-28-17-41(55(40)101-65-56(54(86)53(85)42(22-78)99-65)100-44-21-66(4,70)57(87)24(3)96-44)98-39-11-8-27(15-33(39)68)52(84)50-63(93)75-48(64(94)95)31-18-29(79)19-37(81)45(31)30-13-25(6-9-36(30)80)46(60(90)77-50)74-61(91)47(28)73-59(89)35(20-43(69)82)72-62(49)92;1-25-16(18-10(20)5-9-3-2-4-27-9)13(23)19-11(12(21)22)8(6-26-15(17)24)7-28-14(16)19/h6-11,13-19,23-24,34-35,42,44,46-54,56-57,65,71,78-81,83-87H,12,20-22,70H2,1-5H3,(H2,69,82)(H,72,92)(H,73,89)(H,74,91)(H,75,93)(H,76,88)(H,77,90)(H,94,95);2-4,14H,5-7H2,1H3,(H2,17,24)(H,18,20)(H,21,22)/t24-,34+,35-,42+,44-,46+,47+,48-,49+,50-,51+,52+,53+,54-,56+,57+,65-,66-;14-,16+/m01/s1. The molecule has 25 N–H and O–H groups in total. The molecule has 0 aliphatic carbocycles. The quantitative estimate of drug-likeness (QED) is 0.0359. The number of thioether (sulfide) groups is 1. The third-order valence-electron chi connectivity index (χ3n) is 22.0. The number of nitrogens with zero attached hydrogens (tertiary/aromatic N) is 1. The third kappa shape index (κ3) is 20.6. The Kier molecular flexibility index (Phi) is 29.6. The van der Waals surface area contributed by atoms with E-state index in [0.717, 1.165) is 76.5 Å². The van der Waals surface area contributed by atoms with E-state index in [4.69, 9.17) is 73.6 Å². The Hall–Kier alpha value is -11.8. The number of carboxylic acid groups (broad SMARTS) is 2. The van der Waals surface area contributed by atoms with Crippen molar-refractivity contribution in [2.75, 3.05) is 33.1 Å². The highest BCUT2D eigenvalue weighted by Crippen LogP contribution is 2.51. The second-order valence-electron chi connectivity index (χ2n) is 31.7. The van der Waals surface area contributed by atoms with E-state index in [2.05, 4.69) is 47.3 Å². The first-order valence-electron chi connectivity index (χ1n) is 39.6. The number of likely N-dealkylation sites (N-methyl/N-ethyl adjacent to an activating group) is 1. The Morgan fingerprint density at radius 3 is 1.95 bits per heavy atom. The van der Waals surface area contributed by atoms with Gasteiger partial charge in [-0.3, -0.25) is 48.1 Å². The van der Waals surface area contributed by atoms with Crippen LogP contribution in [0.1, 0.15) is 110 Å². The van der Waals surface area contributed by atoms with Crippen LogP contribution in [-0.4, -0.2) is 255 Å². The number of aromatic hydroxyl groups is 3. The Bertz CT molecular complexity index is 5420. The topological polar surface area (TPSA) is 679 Å². The van der Waals surface area contributed by atoms with Gasteiger partial charge in [0.25, 0.3) is 11.6 Å². The molecule has 692 valence electrons. The summed E-state index contributed by atoms with van der Waals surface area (Å²) in [5, 5.41) is 144. The minimum atomic E-state index is -2.35. The lowest BCUT2D eigenvalue weighted by atomic mass is 9.86. The molecular formula is C82H92Cl2N12O31S2. The number of thiophene rings is 1. The summed E-state index contributed by atoms with van der Waals surface area (Å²) in [6, 6.07) is 2.93. The number of rotatable bonds is 20. The molecule has 0 spiro atoms. The van der Waals surface area contributed by atoms with E-state index < -0.39 is 272 Å². The van der Waals surface area contributed by atoms with E-state index in [1.807, 2.05) is 25.3 Å². The van der Waals surface area contributed by atoms with Crippen LogP contribution in [0.3, 0.4) is 0 Å². The number of carbonyl (C=O) groups excluding carboxylic acids is 10. The normalized spacial score (nSPS) is 28.2. The number of hydrogen-bond donors (Lipinski definition) is 22. The van der Waals surface area contributed by atoms with Crippen LogP contribution in [0.2, 0.25) is 10.0 Å². The highest BCUT2D eigenvalue weighted by atomic mass is 35.5. The molecule has 3 saturated heterocycles. The second kappa shape index (κ2) is 39.7. The van der Waals surface area contributed by atoms with Crippen molar-refractivity contribution in [1.29, 1.82) is 0 Å². The summed E-state index contributed by atoms with van der Waals surface area (Å²) in [7, 11) is 2.75. The molecule has 3 fully saturated rings. The molecule has 129 heavy (non-hydrogen) atoms. The summed E-state index contributed by atoms with van der Waals surface area (Å²) in [5.74, 6) is -18.3. The molecule has 9 aliphatic rings. The molecule has 0 radical (unpaired) electrons. The van der Waals surface area contributed by atoms with E-state index in [-0.39, 0.29) is 76.3 Å². The van der Waals surface area contributed by atoms with Gasteiger partial charge in [-0.25, -0.2) is 14.4 Å². The van der Waals surface area contributed by atoms with Crippen molar-refractivity contribution >= 4 is 117 Å². The van der Waals surface area contributed by atoms with E-state index in [1.54, 1.807) is 6.07 Å².